The molecular weight excluding hydrogens is 437 g/mol. The molecule has 1 aliphatic heterocycles. The van der Waals surface area contributed by atoms with Gasteiger partial charge in [-0.2, -0.15) is 4.98 Å². The van der Waals surface area contributed by atoms with Crippen LogP contribution >= 0.6 is 7.82 Å². The van der Waals surface area contributed by atoms with Gasteiger partial charge >= 0.3 is 13.5 Å². The van der Waals surface area contributed by atoms with Gasteiger partial charge in [-0.05, 0) is 18.1 Å². The van der Waals surface area contributed by atoms with E-state index in [1.54, 1.807) is 0 Å². The number of aliphatic hydroxyl groups excluding tert-OH is 2. The van der Waals surface area contributed by atoms with Crippen LogP contribution in [0.5, 0.6) is 0 Å². The number of nitrogens with zero attached hydrogens (tertiary/aromatic N) is 2. The standard InChI is InChI=1S/C16H30N3O9PSi/c1-16(2,3)30(4,5)27-7-9-6-19(15(22)18-13(9)17)14-12(21)11(20)10(28-14)8-26-29(23,24)25/h6,10-12,14,20-21H,7-8H2,1-5H3,(H2,17,18,22)(H2,23,24,25)/t10-,11-,12-,14?/m1/s1. The van der Waals surface area contributed by atoms with Gasteiger partial charge in [-0.3, -0.25) is 9.09 Å². The van der Waals surface area contributed by atoms with Crippen LogP contribution in [0.4, 0.5) is 5.82 Å². The highest BCUT2D eigenvalue weighted by Gasteiger charge is 2.45. The lowest BCUT2D eigenvalue weighted by molar-refractivity contribution is -0.0543. The second-order valence-corrected chi connectivity index (χ2v) is 14.8. The third kappa shape index (κ3) is 5.75. The van der Waals surface area contributed by atoms with Gasteiger partial charge in [-0.25, -0.2) is 9.36 Å². The Kier molecular flexibility index (Phi) is 7.34. The van der Waals surface area contributed by atoms with Crippen molar-refractivity contribution in [2.75, 3.05) is 12.3 Å². The highest BCUT2D eigenvalue weighted by molar-refractivity contribution is 7.46. The molecule has 0 aliphatic carbocycles. The van der Waals surface area contributed by atoms with Crippen molar-refractivity contribution in [3.63, 3.8) is 0 Å². The zero-order valence-corrected chi connectivity index (χ0v) is 19.4. The first kappa shape index (κ1) is 25.1. The summed E-state index contributed by atoms with van der Waals surface area (Å²) in [6.45, 7) is 9.74. The predicted octanol–water partition coefficient (Wildman–Crippen LogP) is 0.0758. The predicted molar refractivity (Wildman–Crippen MR) is 109 cm³/mol. The first-order valence-corrected chi connectivity index (χ1v) is 13.7. The maximum atomic E-state index is 12.3. The number of rotatable bonds is 7. The fourth-order valence-electron chi connectivity index (χ4n) is 2.56. The Bertz CT molecular complexity index is 866. The van der Waals surface area contributed by atoms with E-state index in [0.29, 0.717) is 5.56 Å². The van der Waals surface area contributed by atoms with Crippen molar-refractivity contribution in [2.24, 2.45) is 0 Å². The van der Waals surface area contributed by atoms with Crippen LogP contribution in [-0.4, -0.2) is 62.8 Å². The summed E-state index contributed by atoms with van der Waals surface area (Å²) >= 11 is 0. The summed E-state index contributed by atoms with van der Waals surface area (Å²) in [6.07, 6.45) is -4.39. The molecule has 4 atom stereocenters. The van der Waals surface area contributed by atoms with Crippen LogP contribution in [0, 0.1) is 0 Å². The second kappa shape index (κ2) is 8.77. The van der Waals surface area contributed by atoms with Gasteiger partial charge in [-0.15, -0.1) is 0 Å². The number of anilines is 1. The molecule has 0 saturated carbocycles. The smallest absolute Gasteiger partial charge is 0.412 e. The largest absolute Gasteiger partial charge is 0.469 e. The van der Waals surface area contributed by atoms with Crippen LogP contribution in [0.15, 0.2) is 11.0 Å². The molecule has 0 amide bonds. The maximum absolute atomic E-state index is 12.3. The Morgan fingerprint density at radius 2 is 1.90 bits per heavy atom. The molecule has 12 nitrogen and oxygen atoms in total. The number of hydrogen-bond acceptors (Lipinski definition) is 9. The Hall–Kier alpha value is -1.15. The Morgan fingerprint density at radius 1 is 1.30 bits per heavy atom. The number of aromatic nitrogens is 2. The van der Waals surface area contributed by atoms with Crippen LogP contribution in [0.25, 0.3) is 0 Å². The van der Waals surface area contributed by atoms with Gasteiger partial charge in [0.1, 0.15) is 24.1 Å². The van der Waals surface area contributed by atoms with Gasteiger partial charge in [0.25, 0.3) is 0 Å². The quantitative estimate of drug-likeness (QED) is 0.270. The number of nitrogens with two attached hydrogens (primary N) is 1. The van der Waals surface area contributed by atoms with Crippen molar-refractivity contribution in [2.45, 2.75) is 70.1 Å². The average Bonchev–Trinajstić information content (AvgIpc) is 2.86. The monoisotopic (exact) mass is 467 g/mol. The van der Waals surface area contributed by atoms with Crippen molar-refractivity contribution < 1.29 is 38.3 Å². The zero-order chi connectivity index (χ0) is 23.1. The highest BCUT2D eigenvalue weighted by Crippen LogP contribution is 2.39. The Balaban J connectivity index is 2.24. The van der Waals surface area contributed by atoms with Gasteiger partial charge in [-0.1, -0.05) is 20.8 Å². The van der Waals surface area contributed by atoms with Gasteiger partial charge in [0.2, 0.25) is 0 Å². The maximum Gasteiger partial charge on any atom is 0.469 e. The lowest BCUT2D eigenvalue weighted by Gasteiger charge is -2.36. The Morgan fingerprint density at radius 3 is 2.43 bits per heavy atom. The Labute approximate surface area is 175 Å². The molecule has 0 bridgehead atoms. The van der Waals surface area contributed by atoms with E-state index in [9.17, 15) is 19.6 Å². The second-order valence-electron chi connectivity index (χ2n) is 8.72. The molecule has 0 spiro atoms. The van der Waals surface area contributed by atoms with Crippen LogP contribution in [0.3, 0.4) is 0 Å². The van der Waals surface area contributed by atoms with Crippen molar-refractivity contribution >= 4 is 22.0 Å². The van der Waals surface area contributed by atoms with E-state index in [1.165, 1.54) is 6.20 Å². The minimum Gasteiger partial charge on any atom is -0.412 e. The SMILES string of the molecule is CC(C)(C)[Si](C)(C)OCc1cn(C2O[C@H](COP(=O)(O)O)[C@@H](O)[C@H]2O)c(=O)nc1N. The molecule has 30 heavy (non-hydrogen) atoms. The van der Waals surface area contributed by atoms with Crippen LogP contribution in [0.1, 0.15) is 32.6 Å². The summed E-state index contributed by atoms with van der Waals surface area (Å²) in [5, 5.41) is 20.4. The van der Waals surface area contributed by atoms with E-state index in [2.05, 4.69) is 43.4 Å². The molecule has 2 heterocycles. The molecule has 0 aromatic carbocycles. The minimum atomic E-state index is -4.80. The molecule has 1 aromatic heterocycles. The number of phosphoric acid groups is 1. The summed E-state index contributed by atoms with van der Waals surface area (Å²) in [4.78, 5) is 33.7. The van der Waals surface area contributed by atoms with E-state index in [1.807, 2.05) is 0 Å². The summed E-state index contributed by atoms with van der Waals surface area (Å²) < 4.78 is 27.7. The lowest BCUT2D eigenvalue weighted by Crippen LogP contribution is -2.41. The number of aliphatic hydroxyl groups is 2. The average molecular weight is 467 g/mol. The summed E-state index contributed by atoms with van der Waals surface area (Å²) in [5.74, 6) is -0.0237. The molecule has 172 valence electrons. The first-order valence-electron chi connectivity index (χ1n) is 9.26. The molecular formula is C16H30N3O9PSi. The van der Waals surface area contributed by atoms with Crippen molar-refractivity contribution in [1.29, 1.82) is 0 Å². The van der Waals surface area contributed by atoms with E-state index >= 15 is 0 Å². The van der Waals surface area contributed by atoms with Crippen molar-refractivity contribution in [1.82, 2.24) is 9.55 Å². The molecule has 6 N–H and O–H groups in total. The van der Waals surface area contributed by atoms with Crippen molar-refractivity contribution in [3.05, 3.63) is 22.2 Å². The molecule has 0 radical (unpaired) electrons. The van der Waals surface area contributed by atoms with Crippen LogP contribution in [-0.2, 0) is 24.9 Å². The third-order valence-electron chi connectivity index (χ3n) is 5.47. The normalized spacial score (nSPS) is 25.6. The summed E-state index contributed by atoms with van der Waals surface area (Å²) in [7, 11) is -6.92. The fraction of sp³-hybridized carbons (Fsp3) is 0.750. The van der Waals surface area contributed by atoms with Gasteiger partial charge < -0.3 is 34.9 Å². The topological polar surface area (TPSA) is 187 Å². The van der Waals surface area contributed by atoms with E-state index < -0.39 is 53.0 Å². The minimum absolute atomic E-state index is 0.0237. The van der Waals surface area contributed by atoms with E-state index in [0.717, 1.165) is 4.57 Å². The van der Waals surface area contributed by atoms with E-state index in [4.69, 9.17) is 24.7 Å². The first-order chi connectivity index (χ1) is 13.5. The lowest BCUT2D eigenvalue weighted by atomic mass is 10.1. The fourth-order valence-corrected chi connectivity index (χ4v) is 3.85. The van der Waals surface area contributed by atoms with Gasteiger partial charge in [0, 0.05) is 11.8 Å². The molecule has 1 aromatic rings. The molecule has 1 aliphatic rings. The number of ether oxygens (including phenoxy) is 1. The molecule has 1 fully saturated rings. The highest BCUT2D eigenvalue weighted by atomic mass is 31.2. The van der Waals surface area contributed by atoms with E-state index in [-0.39, 0.29) is 17.5 Å². The zero-order valence-electron chi connectivity index (χ0n) is 17.6. The molecule has 1 saturated heterocycles. The number of nitrogen functional groups attached to an aromatic ring is 1. The molecule has 2 rings (SSSR count). The number of phosphoric ester groups is 1. The molecule has 14 heteroatoms. The van der Waals surface area contributed by atoms with Gasteiger partial charge in [0.05, 0.1) is 13.2 Å². The number of hydrogen-bond donors (Lipinski definition) is 5. The van der Waals surface area contributed by atoms with Crippen molar-refractivity contribution in [3.8, 4) is 0 Å². The molecule has 1 unspecified atom stereocenters. The summed E-state index contributed by atoms with van der Waals surface area (Å²) in [6, 6.07) is 0. The van der Waals surface area contributed by atoms with Crippen LogP contribution in [0.2, 0.25) is 18.1 Å². The third-order valence-corrected chi connectivity index (χ3v) is 10.4. The van der Waals surface area contributed by atoms with Crippen LogP contribution < -0.4 is 11.4 Å². The summed E-state index contributed by atoms with van der Waals surface area (Å²) in [5.41, 5.74) is 5.44. The van der Waals surface area contributed by atoms with Gasteiger partial charge in [0.15, 0.2) is 14.5 Å².